The van der Waals surface area contributed by atoms with Gasteiger partial charge in [-0.05, 0) is 18.2 Å². The Balaban J connectivity index is 2.46. The fourth-order valence-corrected chi connectivity index (χ4v) is 0.772. The van der Waals surface area contributed by atoms with E-state index in [1.54, 1.807) is 18.5 Å². The minimum atomic E-state index is 0.893. The highest BCUT2D eigenvalue weighted by atomic mass is 14.8. The molecule has 0 aromatic heterocycles. The van der Waals surface area contributed by atoms with Crippen LogP contribution in [0.1, 0.15) is 0 Å². The largest absolute Gasteiger partial charge is 0.300 e. The predicted octanol–water partition coefficient (Wildman–Crippen LogP) is 1.97. The molecule has 0 amide bonds. The molecule has 1 rings (SSSR count). The van der Waals surface area contributed by atoms with Crippen LogP contribution in [0.15, 0.2) is 47.6 Å². The van der Waals surface area contributed by atoms with Crippen molar-refractivity contribution in [1.82, 2.24) is 5.32 Å². The minimum absolute atomic E-state index is 0.893. The maximum Gasteiger partial charge on any atom is 0.180 e. The number of nitrogens with zero attached hydrogens (tertiary/aromatic N) is 2. The molecule has 1 aromatic rings. The van der Waals surface area contributed by atoms with Crippen LogP contribution in [0, 0.1) is 11.5 Å². The number of benzene rings is 1. The van der Waals surface area contributed by atoms with Gasteiger partial charge in [-0.25, -0.2) is 0 Å². The van der Waals surface area contributed by atoms with Crippen LogP contribution >= 0.6 is 0 Å². The van der Waals surface area contributed by atoms with Crippen molar-refractivity contribution in [2.45, 2.75) is 0 Å². The number of hydrogen-bond acceptors (Lipinski definition) is 3. The highest BCUT2D eigenvalue weighted by molar-refractivity contribution is 5.74. The molecule has 0 heterocycles. The van der Waals surface area contributed by atoms with E-state index in [2.05, 4.69) is 10.3 Å². The summed E-state index contributed by atoms with van der Waals surface area (Å²) in [5, 5.41) is 10.5. The lowest BCUT2D eigenvalue weighted by molar-refractivity contribution is 1.20. The summed E-state index contributed by atoms with van der Waals surface area (Å²) in [6.45, 7) is 0. The van der Waals surface area contributed by atoms with Gasteiger partial charge in [-0.1, -0.05) is 18.2 Å². The molecule has 0 saturated heterocycles. The average Bonchev–Trinajstić information content (AvgIpc) is 2.19. The normalized spacial score (nSPS) is 10.4. The van der Waals surface area contributed by atoms with Crippen molar-refractivity contribution in [3.05, 3.63) is 42.6 Å². The summed E-state index contributed by atoms with van der Waals surface area (Å²) in [7, 11) is 0. The zero-order chi connectivity index (χ0) is 9.36. The van der Waals surface area contributed by atoms with Gasteiger partial charge in [-0.15, -0.1) is 0 Å². The lowest BCUT2D eigenvalue weighted by Crippen LogP contribution is -1.89. The lowest BCUT2D eigenvalue weighted by atomic mass is 10.3. The molecule has 3 nitrogen and oxygen atoms in total. The lowest BCUT2D eigenvalue weighted by Gasteiger charge is -1.87. The molecule has 3 heteroatoms. The topological polar surface area (TPSA) is 48.2 Å². The van der Waals surface area contributed by atoms with Crippen molar-refractivity contribution in [2.75, 3.05) is 0 Å². The third-order valence-electron chi connectivity index (χ3n) is 1.31. The molecule has 1 N–H and O–H groups in total. The smallest absolute Gasteiger partial charge is 0.180 e. The Bertz CT molecular complexity index is 333. The van der Waals surface area contributed by atoms with E-state index in [9.17, 15) is 0 Å². The molecule has 0 aliphatic rings. The maximum absolute atomic E-state index is 8.13. The van der Waals surface area contributed by atoms with Gasteiger partial charge in [-0.3, -0.25) is 10.3 Å². The number of allylic oxidation sites excluding steroid dienone is 1. The summed E-state index contributed by atoms with van der Waals surface area (Å²) < 4.78 is 0. The Kier molecular flexibility index (Phi) is 3.85. The minimum Gasteiger partial charge on any atom is -0.300 e. The molecule has 0 spiro atoms. The number of nitriles is 1. The Morgan fingerprint density at radius 3 is 2.77 bits per heavy atom. The van der Waals surface area contributed by atoms with Crippen molar-refractivity contribution in [2.24, 2.45) is 4.99 Å². The number of hydrogen-bond donors (Lipinski definition) is 1. The van der Waals surface area contributed by atoms with Crippen LogP contribution in [-0.4, -0.2) is 6.21 Å². The first-order valence-electron chi connectivity index (χ1n) is 3.82. The van der Waals surface area contributed by atoms with E-state index in [0.717, 1.165) is 5.69 Å². The molecule has 64 valence electrons. The maximum atomic E-state index is 8.13. The second-order valence-corrected chi connectivity index (χ2v) is 2.23. The molecular formula is C10H9N3. The second kappa shape index (κ2) is 5.56. The van der Waals surface area contributed by atoms with E-state index >= 15 is 0 Å². The summed E-state index contributed by atoms with van der Waals surface area (Å²) >= 11 is 0. The zero-order valence-corrected chi connectivity index (χ0v) is 7.01. The van der Waals surface area contributed by atoms with Gasteiger partial charge in [0.05, 0.1) is 5.69 Å². The predicted molar refractivity (Wildman–Crippen MR) is 52.5 cm³/mol. The summed E-state index contributed by atoms with van der Waals surface area (Å²) in [5.74, 6) is 0. The van der Waals surface area contributed by atoms with E-state index in [-0.39, 0.29) is 0 Å². The van der Waals surface area contributed by atoms with Gasteiger partial charge in [0, 0.05) is 12.4 Å². The standard InChI is InChI=1S/C10H9N3/c11-9-12-7-4-8-13-10-5-2-1-3-6-10/h1-8,12H/b7-4+,13-8?. The number of aliphatic imine (C=N–C) groups is 1. The SMILES string of the molecule is N#CN/C=C/C=Nc1ccccc1. The summed E-state index contributed by atoms with van der Waals surface area (Å²) in [5.41, 5.74) is 0.893. The summed E-state index contributed by atoms with van der Waals surface area (Å²) in [4.78, 5) is 4.12. The number of nitrogens with one attached hydrogen (secondary N) is 1. The van der Waals surface area contributed by atoms with E-state index in [1.807, 2.05) is 30.3 Å². The van der Waals surface area contributed by atoms with Crippen LogP contribution in [0.3, 0.4) is 0 Å². The van der Waals surface area contributed by atoms with Gasteiger partial charge < -0.3 is 0 Å². The van der Waals surface area contributed by atoms with Gasteiger partial charge in [0.25, 0.3) is 0 Å². The Hall–Kier alpha value is -2.08. The first-order valence-corrected chi connectivity index (χ1v) is 3.82. The molecule has 1 aromatic carbocycles. The summed E-state index contributed by atoms with van der Waals surface area (Å²) in [6, 6.07) is 9.59. The third kappa shape index (κ3) is 3.73. The van der Waals surface area contributed by atoms with E-state index in [4.69, 9.17) is 5.26 Å². The van der Waals surface area contributed by atoms with Gasteiger partial charge in [0.2, 0.25) is 0 Å². The van der Waals surface area contributed by atoms with Gasteiger partial charge in [-0.2, -0.15) is 5.26 Å². The van der Waals surface area contributed by atoms with Crippen LogP contribution in [0.5, 0.6) is 0 Å². The molecule has 0 aliphatic heterocycles. The van der Waals surface area contributed by atoms with Crippen LogP contribution in [0.4, 0.5) is 5.69 Å². The fraction of sp³-hybridized carbons (Fsp3) is 0. The number of rotatable bonds is 3. The third-order valence-corrected chi connectivity index (χ3v) is 1.31. The Labute approximate surface area is 77.0 Å². The van der Waals surface area contributed by atoms with E-state index in [1.165, 1.54) is 6.20 Å². The van der Waals surface area contributed by atoms with Gasteiger partial charge in [0.1, 0.15) is 0 Å². The van der Waals surface area contributed by atoms with Gasteiger partial charge >= 0.3 is 0 Å². The number of para-hydroxylation sites is 1. The van der Waals surface area contributed by atoms with Gasteiger partial charge in [0.15, 0.2) is 6.19 Å². The van der Waals surface area contributed by atoms with Crippen LogP contribution in [0.2, 0.25) is 0 Å². The average molecular weight is 171 g/mol. The Morgan fingerprint density at radius 2 is 2.08 bits per heavy atom. The fourth-order valence-electron chi connectivity index (χ4n) is 0.772. The van der Waals surface area contributed by atoms with Crippen molar-refractivity contribution in [3.8, 4) is 6.19 Å². The highest BCUT2D eigenvalue weighted by Crippen LogP contribution is 2.07. The first kappa shape index (κ1) is 9.01. The van der Waals surface area contributed by atoms with Crippen LogP contribution in [0.25, 0.3) is 0 Å². The van der Waals surface area contributed by atoms with E-state index in [0.29, 0.717) is 0 Å². The quantitative estimate of drug-likeness (QED) is 0.429. The van der Waals surface area contributed by atoms with Crippen LogP contribution in [-0.2, 0) is 0 Å². The second-order valence-electron chi connectivity index (χ2n) is 2.23. The van der Waals surface area contributed by atoms with Crippen LogP contribution < -0.4 is 5.32 Å². The monoisotopic (exact) mass is 171 g/mol. The molecule has 0 unspecified atom stereocenters. The molecular weight excluding hydrogens is 162 g/mol. The molecule has 0 bridgehead atoms. The van der Waals surface area contributed by atoms with Crippen molar-refractivity contribution in [1.29, 1.82) is 5.26 Å². The molecule has 13 heavy (non-hydrogen) atoms. The zero-order valence-electron chi connectivity index (χ0n) is 7.01. The Morgan fingerprint density at radius 1 is 1.31 bits per heavy atom. The van der Waals surface area contributed by atoms with E-state index < -0.39 is 0 Å². The molecule has 0 fully saturated rings. The summed E-state index contributed by atoms with van der Waals surface area (Å²) in [6.07, 6.45) is 6.58. The molecule has 0 saturated carbocycles. The first-order chi connectivity index (χ1) is 6.43. The molecule has 0 aliphatic carbocycles. The molecule has 0 atom stereocenters. The molecule has 0 radical (unpaired) electrons. The van der Waals surface area contributed by atoms with Crippen molar-refractivity contribution >= 4 is 11.9 Å². The highest BCUT2D eigenvalue weighted by Gasteiger charge is 1.79. The van der Waals surface area contributed by atoms with Crippen molar-refractivity contribution in [3.63, 3.8) is 0 Å². The van der Waals surface area contributed by atoms with Crippen molar-refractivity contribution < 1.29 is 0 Å².